The fraction of sp³-hybridized carbons (Fsp3) is 0.385. The highest BCUT2D eigenvalue weighted by Gasteiger charge is 2.42. The molecule has 0 unspecified atom stereocenters. The summed E-state index contributed by atoms with van der Waals surface area (Å²) in [5.41, 5.74) is 5.66. The lowest BCUT2D eigenvalue weighted by Gasteiger charge is -2.39. The fourth-order valence-electron chi connectivity index (χ4n) is 2.13. The minimum absolute atomic E-state index is 0.0835. The SMILES string of the molecule is NCC1(C(=O)Nc2ccc(C(=O)O)cc2Cl)CCC1. The molecule has 5 nitrogen and oxygen atoms in total. The molecule has 0 aromatic heterocycles. The first kappa shape index (κ1) is 13.8. The number of carboxylic acids is 1. The zero-order chi connectivity index (χ0) is 14.0. The molecule has 2 rings (SSSR count). The standard InChI is InChI=1S/C13H15ClN2O3/c14-9-6-8(11(17)18)2-3-10(9)16-12(19)13(7-15)4-1-5-13/h2-3,6H,1,4-5,7,15H2,(H,16,19)(H,17,18). The lowest BCUT2D eigenvalue weighted by atomic mass is 9.68. The topological polar surface area (TPSA) is 92.4 Å². The second kappa shape index (κ2) is 5.19. The van der Waals surface area contributed by atoms with Gasteiger partial charge in [0.05, 0.1) is 21.7 Å². The molecular weight excluding hydrogens is 268 g/mol. The maximum atomic E-state index is 12.2. The Hall–Kier alpha value is -1.59. The number of carbonyl (C=O) groups excluding carboxylic acids is 1. The van der Waals surface area contributed by atoms with E-state index in [-0.39, 0.29) is 16.5 Å². The summed E-state index contributed by atoms with van der Waals surface area (Å²) in [6.07, 6.45) is 2.55. The number of amides is 1. The second-order valence-electron chi connectivity index (χ2n) is 4.79. The van der Waals surface area contributed by atoms with Gasteiger partial charge in [0.15, 0.2) is 0 Å². The van der Waals surface area contributed by atoms with Crippen LogP contribution in [0.2, 0.25) is 5.02 Å². The third-order valence-corrected chi connectivity index (χ3v) is 3.96. The highest BCUT2D eigenvalue weighted by molar-refractivity contribution is 6.34. The Bertz CT molecular complexity index is 521. The van der Waals surface area contributed by atoms with Crippen molar-refractivity contribution in [2.45, 2.75) is 19.3 Å². The van der Waals surface area contributed by atoms with E-state index >= 15 is 0 Å². The Labute approximate surface area is 115 Å². The predicted octanol–water partition coefficient (Wildman–Crippen LogP) is 2.11. The number of anilines is 1. The Balaban J connectivity index is 2.15. The lowest BCUT2D eigenvalue weighted by Crippen LogP contribution is -2.47. The molecule has 0 saturated heterocycles. The van der Waals surface area contributed by atoms with Gasteiger partial charge in [0, 0.05) is 6.54 Å². The van der Waals surface area contributed by atoms with Crippen molar-refractivity contribution < 1.29 is 14.7 Å². The van der Waals surface area contributed by atoms with Gasteiger partial charge in [0.2, 0.25) is 5.91 Å². The third-order valence-electron chi connectivity index (χ3n) is 3.65. The van der Waals surface area contributed by atoms with Crippen LogP contribution < -0.4 is 11.1 Å². The van der Waals surface area contributed by atoms with Gasteiger partial charge in [0.25, 0.3) is 0 Å². The average Bonchev–Trinajstić information content (AvgIpc) is 2.30. The van der Waals surface area contributed by atoms with Crippen LogP contribution in [-0.2, 0) is 4.79 Å². The van der Waals surface area contributed by atoms with Gasteiger partial charge in [-0.15, -0.1) is 0 Å². The van der Waals surface area contributed by atoms with Crippen LogP contribution in [-0.4, -0.2) is 23.5 Å². The minimum Gasteiger partial charge on any atom is -0.478 e. The summed E-state index contributed by atoms with van der Waals surface area (Å²) >= 11 is 5.96. The van der Waals surface area contributed by atoms with E-state index in [1.165, 1.54) is 18.2 Å². The summed E-state index contributed by atoms with van der Waals surface area (Å²) < 4.78 is 0. The van der Waals surface area contributed by atoms with Crippen LogP contribution in [0.3, 0.4) is 0 Å². The van der Waals surface area contributed by atoms with Crippen molar-refractivity contribution in [1.82, 2.24) is 0 Å². The van der Waals surface area contributed by atoms with Gasteiger partial charge in [-0.05, 0) is 31.0 Å². The molecule has 19 heavy (non-hydrogen) atoms. The number of hydrogen-bond acceptors (Lipinski definition) is 3. The number of aromatic carboxylic acids is 1. The van der Waals surface area contributed by atoms with Crippen LogP contribution in [0.15, 0.2) is 18.2 Å². The van der Waals surface area contributed by atoms with Crippen LogP contribution in [0.1, 0.15) is 29.6 Å². The lowest BCUT2D eigenvalue weighted by molar-refractivity contribution is -0.129. The first-order chi connectivity index (χ1) is 8.98. The first-order valence-corrected chi connectivity index (χ1v) is 6.41. The normalized spacial score (nSPS) is 16.5. The molecule has 1 aromatic carbocycles. The zero-order valence-corrected chi connectivity index (χ0v) is 11.0. The molecule has 1 saturated carbocycles. The smallest absolute Gasteiger partial charge is 0.335 e. The zero-order valence-electron chi connectivity index (χ0n) is 10.3. The minimum atomic E-state index is -1.06. The van der Waals surface area contributed by atoms with E-state index in [0.29, 0.717) is 12.2 Å². The average molecular weight is 283 g/mol. The van der Waals surface area contributed by atoms with Gasteiger partial charge in [-0.25, -0.2) is 4.79 Å². The van der Waals surface area contributed by atoms with Gasteiger partial charge in [-0.2, -0.15) is 0 Å². The molecule has 4 N–H and O–H groups in total. The number of halogens is 1. The molecule has 1 aliphatic carbocycles. The van der Waals surface area contributed by atoms with Crippen molar-refractivity contribution in [3.8, 4) is 0 Å². The van der Waals surface area contributed by atoms with Crippen LogP contribution in [0.5, 0.6) is 0 Å². The van der Waals surface area contributed by atoms with E-state index in [2.05, 4.69) is 5.32 Å². The van der Waals surface area contributed by atoms with Crippen LogP contribution in [0.4, 0.5) is 5.69 Å². The molecule has 6 heteroatoms. The summed E-state index contributed by atoms with van der Waals surface area (Å²) in [5, 5.41) is 11.8. The summed E-state index contributed by atoms with van der Waals surface area (Å²) in [6, 6.07) is 4.21. The number of hydrogen-bond donors (Lipinski definition) is 3. The van der Waals surface area contributed by atoms with Gasteiger partial charge in [-0.3, -0.25) is 4.79 Å². The molecular formula is C13H15ClN2O3. The fourth-order valence-corrected chi connectivity index (χ4v) is 2.36. The van der Waals surface area contributed by atoms with E-state index in [9.17, 15) is 9.59 Å². The molecule has 0 radical (unpaired) electrons. The predicted molar refractivity (Wildman–Crippen MR) is 72.4 cm³/mol. The number of carboxylic acid groups (broad SMARTS) is 1. The number of rotatable bonds is 4. The molecule has 1 aromatic rings. The molecule has 102 valence electrons. The number of nitrogens with two attached hydrogens (primary N) is 1. The molecule has 0 spiro atoms. The maximum Gasteiger partial charge on any atom is 0.335 e. The molecule has 0 aliphatic heterocycles. The Morgan fingerprint density at radius 1 is 1.42 bits per heavy atom. The van der Waals surface area contributed by atoms with E-state index in [1.807, 2.05) is 0 Å². The van der Waals surface area contributed by atoms with Crippen LogP contribution >= 0.6 is 11.6 Å². The summed E-state index contributed by atoms with van der Waals surface area (Å²) in [5.74, 6) is -1.21. The van der Waals surface area contributed by atoms with Gasteiger partial charge < -0.3 is 16.2 Å². The van der Waals surface area contributed by atoms with Gasteiger partial charge >= 0.3 is 5.97 Å². The van der Waals surface area contributed by atoms with Crippen molar-refractivity contribution in [3.05, 3.63) is 28.8 Å². The Morgan fingerprint density at radius 2 is 2.11 bits per heavy atom. The van der Waals surface area contributed by atoms with Crippen molar-refractivity contribution in [2.75, 3.05) is 11.9 Å². The van der Waals surface area contributed by atoms with E-state index < -0.39 is 11.4 Å². The van der Waals surface area contributed by atoms with Crippen LogP contribution in [0.25, 0.3) is 0 Å². The van der Waals surface area contributed by atoms with E-state index in [0.717, 1.165) is 19.3 Å². The van der Waals surface area contributed by atoms with E-state index in [1.54, 1.807) is 0 Å². The number of nitrogens with one attached hydrogen (secondary N) is 1. The highest BCUT2D eigenvalue weighted by Crippen LogP contribution is 2.41. The quantitative estimate of drug-likeness (QED) is 0.788. The Kier molecular flexibility index (Phi) is 3.78. The second-order valence-corrected chi connectivity index (χ2v) is 5.20. The summed E-state index contributed by atoms with van der Waals surface area (Å²) in [7, 11) is 0. The van der Waals surface area contributed by atoms with Crippen LogP contribution in [0, 0.1) is 5.41 Å². The summed E-state index contributed by atoms with van der Waals surface area (Å²) in [4.78, 5) is 22.9. The number of benzene rings is 1. The molecule has 1 amide bonds. The third kappa shape index (κ3) is 2.57. The summed E-state index contributed by atoms with van der Waals surface area (Å²) in [6.45, 7) is 0.309. The number of carbonyl (C=O) groups is 2. The van der Waals surface area contributed by atoms with Crippen molar-refractivity contribution in [1.29, 1.82) is 0 Å². The van der Waals surface area contributed by atoms with Gasteiger partial charge in [0.1, 0.15) is 0 Å². The molecule has 1 fully saturated rings. The van der Waals surface area contributed by atoms with Crippen molar-refractivity contribution in [2.24, 2.45) is 11.1 Å². The first-order valence-electron chi connectivity index (χ1n) is 6.03. The largest absolute Gasteiger partial charge is 0.478 e. The molecule has 0 heterocycles. The maximum absolute atomic E-state index is 12.2. The van der Waals surface area contributed by atoms with E-state index in [4.69, 9.17) is 22.4 Å². The monoisotopic (exact) mass is 282 g/mol. The van der Waals surface area contributed by atoms with Crippen molar-refractivity contribution >= 4 is 29.2 Å². The highest BCUT2D eigenvalue weighted by atomic mass is 35.5. The Morgan fingerprint density at radius 3 is 2.53 bits per heavy atom. The van der Waals surface area contributed by atoms with Gasteiger partial charge in [-0.1, -0.05) is 18.0 Å². The molecule has 1 aliphatic rings. The molecule has 0 atom stereocenters. The molecule has 0 bridgehead atoms. The van der Waals surface area contributed by atoms with Crippen molar-refractivity contribution in [3.63, 3.8) is 0 Å².